The van der Waals surface area contributed by atoms with Crippen molar-refractivity contribution in [2.75, 3.05) is 10.8 Å². The fourth-order valence-corrected chi connectivity index (χ4v) is 5.69. The van der Waals surface area contributed by atoms with Gasteiger partial charge in [0.15, 0.2) is 0 Å². The summed E-state index contributed by atoms with van der Waals surface area (Å²) in [6.45, 7) is 10.1. The van der Waals surface area contributed by atoms with Crippen LogP contribution in [0.5, 0.6) is 0 Å². The first-order valence-electron chi connectivity index (χ1n) is 13.4. The van der Waals surface area contributed by atoms with Crippen LogP contribution in [0.4, 0.5) is 10.1 Å². The maximum absolute atomic E-state index is 14.7. The summed E-state index contributed by atoms with van der Waals surface area (Å²) in [5.74, 6) is -1.56. The molecule has 0 aliphatic heterocycles. The predicted octanol–water partition coefficient (Wildman–Crippen LogP) is 5.28. The van der Waals surface area contributed by atoms with Gasteiger partial charge in [0, 0.05) is 18.2 Å². The molecule has 3 aromatic carbocycles. The number of benzene rings is 3. The monoisotopic (exact) mass is 567 g/mol. The lowest BCUT2D eigenvalue weighted by Gasteiger charge is -2.33. The number of anilines is 1. The zero-order valence-electron chi connectivity index (χ0n) is 23.9. The van der Waals surface area contributed by atoms with Crippen molar-refractivity contribution in [3.8, 4) is 0 Å². The molecule has 0 bridgehead atoms. The van der Waals surface area contributed by atoms with E-state index in [1.807, 2.05) is 33.8 Å². The van der Waals surface area contributed by atoms with Crippen molar-refractivity contribution in [3.63, 3.8) is 0 Å². The smallest absolute Gasteiger partial charge is 0.264 e. The summed E-state index contributed by atoms with van der Waals surface area (Å²) in [5.41, 5.74) is 3.04. The standard InChI is InChI=1S/C31H38FN3O4S/c1-7-23(4)33-31(37)25(6)34(19-26-12-8-9-13-28(26)32)30(36)20-35(29-14-10-11-22(3)24(29)5)40(38,39)27-17-15-21(2)16-18-27/h8-18,23,25H,7,19-20H2,1-6H3,(H,33,37)/t23-,25+/m0/s1. The third kappa shape index (κ3) is 7.07. The Kier molecular flexibility index (Phi) is 10.1. The van der Waals surface area contributed by atoms with E-state index in [0.717, 1.165) is 15.4 Å². The molecule has 0 unspecified atom stereocenters. The van der Waals surface area contributed by atoms with Gasteiger partial charge in [-0.1, -0.05) is 55.0 Å². The summed E-state index contributed by atoms with van der Waals surface area (Å²) in [5, 5.41) is 2.87. The SMILES string of the molecule is CC[C@H](C)NC(=O)[C@@H](C)N(Cc1ccccc1F)C(=O)CN(c1cccc(C)c1C)S(=O)(=O)c1ccc(C)cc1. The highest BCUT2D eigenvalue weighted by Gasteiger charge is 2.33. The van der Waals surface area contributed by atoms with E-state index in [4.69, 9.17) is 0 Å². The molecule has 0 aliphatic carbocycles. The largest absolute Gasteiger partial charge is 0.352 e. The minimum Gasteiger partial charge on any atom is -0.352 e. The number of amides is 2. The molecule has 0 aromatic heterocycles. The van der Waals surface area contributed by atoms with Crippen LogP contribution in [0.3, 0.4) is 0 Å². The topological polar surface area (TPSA) is 86.8 Å². The van der Waals surface area contributed by atoms with E-state index < -0.39 is 40.2 Å². The normalized spacial score (nSPS) is 12.9. The Morgan fingerprint density at radius 2 is 1.57 bits per heavy atom. The quantitative estimate of drug-likeness (QED) is 0.342. The number of hydrogen-bond acceptors (Lipinski definition) is 4. The van der Waals surface area contributed by atoms with Gasteiger partial charge >= 0.3 is 0 Å². The molecule has 0 saturated carbocycles. The van der Waals surface area contributed by atoms with Crippen molar-refractivity contribution in [1.82, 2.24) is 10.2 Å². The van der Waals surface area contributed by atoms with E-state index >= 15 is 0 Å². The molecule has 0 heterocycles. The van der Waals surface area contributed by atoms with Crippen LogP contribution in [0.15, 0.2) is 71.6 Å². The number of carbonyl (C=O) groups excluding carboxylic acids is 2. The summed E-state index contributed by atoms with van der Waals surface area (Å²) < 4.78 is 43.7. The molecule has 1 N–H and O–H groups in total. The highest BCUT2D eigenvalue weighted by molar-refractivity contribution is 7.92. The molecule has 2 amide bonds. The Morgan fingerprint density at radius 3 is 2.20 bits per heavy atom. The molecule has 214 valence electrons. The Bertz CT molecular complexity index is 1460. The second-order valence-electron chi connectivity index (χ2n) is 10.2. The summed E-state index contributed by atoms with van der Waals surface area (Å²) in [6, 6.07) is 16.6. The number of hydrogen-bond donors (Lipinski definition) is 1. The lowest BCUT2D eigenvalue weighted by molar-refractivity contribution is -0.139. The highest BCUT2D eigenvalue weighted by atomic mass is 32.2. The van der Waals surface area contributed by atoms with Gasteiger partial charge in [0.05, 0.1) is 10.6 Å². The van der Waals surface area contributed by atoms with E-state index in [2.05, 4.69) is 5.32 Å². The molecule has 0 spiro atoms. The first-order valence-corrected chi connectivity index (χ1v) is 14.8. The number of halogens is 1. The number of sulfonamides is 1. The predicted molar refractivity (Wildman–Crippen MR) is 156 cm³/mol. The van der Waals surface area contributed by atoms with E-state index in [1.54, 1.807) is 56.3 Å². The summed E-state index contributed by atoms with van der Waals surface area (Å²) in [6.07, 6.45) is 0.689. The minimum absolute atomic E-state index is 0.0371. The van der Waals surface area contributed by atoms with Gasteiger partial charge in [-0.15, -0.1) is 0 Å². The van der Waals surface area contributed by atoms with Crippen molar-refractivity contribution in [1.29, 1.82) is 0 Å². The molecule has 3 rings (SSSR count). The lowest BCUT2D eigenvalue weighted by atomic mass is 10.1. The first kappa shape index (κ1) is 30.8. The van der Waals surface area contributed by atoms with Crippen molar-refractivity contribution >= 4 is 27.5 Å². The molecule has 9 heteroatoms. The van der Waals surface area contributed by atoms with Crippen LogP contribution in [-0.2, 0) is 26.2 Å². The maximum Gasteiger partial charge on any atom is 0.264 e. The molecule has 7 nitrogen and oxygen atoms in total. The van der Waals surface area contributed by atoms with Gasteiger partial charge in [-0.25, -0.2) is 12.8 Å². The van der Waals surface area contributed by atoms with Crippen LogP contribution in [0, 0.1) is 26.6 Å². The van der Waals surface area contributed by atoms with Gasteiger partial charge < -0.3 is 10.2 Å². The second-order valence-corrected chi connectivity index (χ2v) is 12.0. The third-order valence-electron chi connectivity index (χ3n) is 7.20. The van der Waals surface area contributed by atoms with Crippen molar-refractivity contribution in [2.24, 2.45) is 0 Å². The summed E-state index contributed by atoms with van der Waals surface area (Å²) in [7, 11) is -4.18. The molecular formula is C31H38FN3O4S. The van der Waals surface area contributed by atoms with Crippen LogP contribution in [0.25, 0.3) is 0 Å². The molecule has 40 heavy (non-hydrogen) atoms. The lowest BCUT2D eigenvalue weighted by Crippen LogP contribution is -2.52. The van der Waals surface area contributed by atoms with Crippen LogP contribution < -0.4 is 9.62 Å². The van der Waals surface area contributed by atoms with Gasteiger partial charge in [0.2, 0.25) is 11.8 Å². The number of nitrogens with one attached hydrogen (secondary N) is 1. The average Bonchev–Trinajstić information content (AvgIpc) is 2.92. The molecular weight excluding hydrogens is 529 g/mol. The summed E-state index contributed by atoms with van der Waals surface area (Å²) >= 11 is 0. The second kappa shape index (κ2) is 13.1. The van der Waals surface area contributed by atoms with Crippen molar-refractivity contribution in [3.05, 3.63) is 94.8 Å². The van der Waals surface area contributed by atoms with E-state index in [-0.39, 0.29) is 23.0 Å². The number of aryl methyl sites for hydroxylation is 2. The first-order chi connectivity index (χ1) is 18.9. The number of carbonyl (C=O) groups is 2. The van der Waals surface area contributed by atoms with Gasteiger partial charge in [-0.05, 0) is 76.4 Å². The molecule has 0 fully saturated rings. The van der Waals surface area contributed by atoms with Gasteiger partial charge in [0.25, 0.3) is 10.0 Å². The van der Waals surface area contributed by atoms with Crippen LogP contribution in [-0.4, -0.2) is 43.8 Å². The van der Waals surface area contributed by atoms with Crippen LogP contribution in [0.1, 0.15) is 49.4 Å². The Balaban J connectivity index is 2.08. The van der Waals surface area contributed by atoms with Crippen LogP contribution >= 0.6 is 0 Å². The fourth-order valence-electron chi connectivity index (χ4n) is 4.21. The zero-order chi connectivity index (χ0) is 29.6. The molecule has 0 aliphatic rings. The fraction of sp³-hybridized carbons (Fsp3) is 0.355. The Morgan fingerprint density at radius 1 is 0.925 bits per heavy atom. The van der Waals surface area contributed by atoms with Crippen LogP contribution in [0.2, 0.25) is 0 Å². The van der Waals surface area contributed by atoms with Crippen molar-refractivity contribution < 1.29 is 22.4 Å². The minimum atomic E-state index is -4.18. The van der Waals surface area contributed by atoms with Gasteiger partial charge in [-0.3, -0.25) is 13.9 Å². The number of nitrogens with zero attached hydrogens (tertiary/aromatic N) is 2. The maximum atomic E-state index is 14.7. The average molecular weight is 568 g/mol. The highest BCUT2D eigenvalue weighted by Crippen LogP contribution is 2.29. The zero-order valence-corrected chi connectivity index (χ0v) is 24.8. The molecule has 2 atom stereocenters. The van der Waals surface area contributed by atoms with E-state index in [0.29, 0.717) is 17.7 Å². The van der Waals surface area contributed by atoms with Gasteiger partial charge in [-0.2, -0.15) is 0 Å². The molecule has 0 radical (unpaired) electrons. The molecule has 3 aromatic rings. The Labute approximate surface area is 237 Å². The van der Waals surface area contributed by atoms with E-state index in [9.17, 15) is 22.4 Å². The number of rotatable bonds is 11. The Hall–Kier alpha value is -3.72. The van der Waals surface area contributed by atoms with Gasteiger partial charge in [0.1, 0.15) is 18.4 Å². The third-order valence-corrected chi connectivity index (χ3v) is 8.97. The van der Waals surface area contributed by atoms with Crippen molar-refractivity contribution in [2.45, 2.75) is 71.5 Å². The molecule has 0 saturated heterocycles. The summed E-state index contributed by atoms with van der Waals surface area (Å²) in [4.78, 5) is 28.4. The van der Waals surface area contributed by atoms with E-state index in [1.165, 1.54) is 23.1 Å².